The third-order valence-electron chi connectivity index (χ3n) is 3.64. The molecule has 0 aliphatic heterocycles. The number of amides is 1. The second kappa shape index (κ2) is 6.08. The van der Waals surface area contributed by atoms with Gasteiger partial charge >= 0.3 is 0 Å². The number of carbonyl (C=O) groups excluding carboxylic acids is 1. The molecule has 0 aliphatic rings. The number of hydrogen-bond donors (Lipinski definition) is 1. The first-order valence-corrected chi connectivity index (χ1v) is 9.04. The molecule has 1 aromatic heterocycles. The van der Waals surface area contributed by atoms with Crippen LogP contribution in [0.5, 0.6) is 0 Å². The number of sulfone groups is 1. The number of para-hydroxylation sites is 2. The Balaban J connectivity index is 2.39. The molecule has 6 nitrogen and oxygen atoms in total. The highest BCUT2D eigenvalue weighted by atomic mass is 32.2. The minimum atomic E-state index is -3.51. The van der Waals surface area contributed by atoms with E-state index < -0.39 is 9.84 Å². The van der Waals surface area contributed by atoms with Crippen molar-refractivity contribution in [2.45, 2.75) is 38.5 Å². The number of fused-ring (bicyclic) bond motifs is 1. The van der Waals surface area contributed by atoms with Gasteiger partial charge in [-0.15, -0.1) is 0 Å². The van der Waals surface area contributed by atoms with Crippen molar-refractivity contribution >= 4 is 26.8 Å². The van der Waals surface area contributed by atoms with Gasteiger partial charge in [0.25, 0.3) is 0 Å². The molecule has 0 saturated carbocycles. The molecule has 7 heteroatoms. The van der Waals surface area contributed by atoms with Crippen LogP contribution in [0.2, 0.25) is 0 Å². The molecule has 2 aromatic rings. The quantitative estimate of drug-likeness (QED) is 0.906. The van der Waals surface area contributed by atoms with E-state index in [2.05, 4.69) is 10.3 Å². The fourth-order valence-corrected chi connectivity index (χ4v) is 2.93. The van der Waals surface area contributed by atoms with Gasteiger partial charge in [0.05, 0.1) is 11.0 Å². The molecule has 1 N–H and O–H groups in total. The van der Waals surface area contributed by atoms with Crippen LogP contribution in [-0.2, 0) is 21.2 Å². The molecule has 0 unspecified atom stereocenters. The maximum absolute atomic E-state index is 12.2. The summed E-state index contributed by atoms with van der Waals surface area (Å²) in [7, 11) is -3.51. The molecule has 22 heavy (non-hydrogen) atoms. The Morgan fingerprint density at radius 1 is 1.27 bits per heavy atom. The topological polar surface area (TPSA) is 81.1 Å². The first-order chi connectivity index (χ1) is 10.2. The Kier molecular flexibility index (Phi) is 4.55. The number of aromatic nitrogens is 2. The molecular formula is C15H21N3O3S. The summed E-state index contributed by atoms with van der Waals surface area (Å²) in [5, 5.41) is 2.80. The number of carbonyl (C=O) groups is 1. The predicted octanol–water partition coefficient (Wildman–Crippen LogP) is 1.60. The lowest BCUT2D eigenvalue weighted by Crippen LogP contribution is -2.38. The van der Waals surface area contributed by atoms with Crippen LogP contribution in [0.15, 0.2) is 29.4 Å². The normalized spacial score (nSPS) is 13.5. The number of nitrogens with zero attached hydrogens (tertiary/aromatic N) is 2. The summed E-state index contributed by atoms with van der Waals surface area (Å²) >= 11 is 0. The van der Waals surface area contributed by atoms with Gasteiger partial charge in [-0.1, -0.05) is 26.0 Å². The fraction of sp³-hybridized carbons (Fsp3) is 0.467. The Labute approximate surface area is 130 Å². The molecule has 120 valence electrons. The van der Waals surface area contributed by atoms with Crippen molar-refractivity contribution < 1.29 is 13.2 Å². The van der Waals surface area contributed by atoms with Gasteiger partial charge in [-0.2, -0.15) is 0 Å². The lowest BCUT2D eigenvalue weighted by atomic mass is 10.1. The first kappa shape index (κ1) is 16.5. The third-order valence-corrected chi connectivity index (χ3v) is 4.62. The van der Waals surface area contributed by atoms with Crippen molar-refractivity contribution in [2.75, 3.05) is 6.26 Å². The molecular weight excluding hydrogens is 302 g/mol. The molecule has 1 amide bonds. The summed E-state index contributed by atoms with van der Waals surface area (Å²) in [5.74, 6) is 0.0760. The van der Waals surface area contributed by atoms with Gasteiger partial charge in [-0.25, -0.2) is 13.4 Å². The van der Waals surface area contributed by atoms with Crippen molar-refractivity contribution in [1.29, 1.82) is 0 Å². The van der Waals surface area contributed by atoms with Gasteiger partial charge in [-0.05, 0) is 25.0 Å². The zero-order valence-corrected chi connectivity index (χ0v) is 14.0. The number of rotatable bonds is 5. The summed E-state index contributed by atoms with van der Waals surface area (Å²) < 4.78 is 25.3. The van der Waals surface area contributed by atoms with Crippen molar-refractivity contribution in [1.82, 2.24) is 14.9 Å². The molecule has 1 aromatic carbocycles. The van der Waals surface area contributed by atoms with Crippen LogP contribution in [0.3, 0.4) is 0 Å². The maximum atomic E-state index is 12.2. The van der Waals surface area contributed by atoms with E-state index in [1.807, 2.05) is 20.8 Å². The molecule has 0 aliphatic carbocycles. The highest BCUT2D eigenvalue weighted by molar-refractivity contribution is 7.90. The average molecular weight is 323 g/mol. The van der Waals surface area contributed by atoms with E-state index >= 15 is 0 Å². The zero-order chi connectivity index (χ0) is 16.5. The van der Waals surface area contributed by atoms with Gasteiger partial charge < -0.3 is 9.88 Å². The van der Waals surface area contributed by atoms with E-state index in [4.69, 9.17) is 0 Å². The highest BCUT2D eigenvalue weighted by Gasteiger charge is 2.21. The second-order valence-corrected chi connectivity index (χ2v) is 7.75. The van der Waals surface area contributed by atoms with E-state index in [0.717, 1.165) is 6.26 Å². The largest absolute Gasteiger partial charge is 0.352 e. The van der Waals surface area contributed by atoms with Crippen molar-refractivity contribution in [3.8, 4) is 0 Å². The van der Waals surface area contributed by atoms with E-state index in [1.54, 1.807) is 24.3 Å². The van der Waals surface area contributed by atoms with Crippen LogP contribution < -0.4 is 5.32 Å². The summed E-state index contributed by atoms with van der Waals surface area (Å²) in [5.41, 5.74) is 1.20. The van der Waals surface area contributed by atoms with Crippen LogP contribution in [0, 0.1) is 5.92 Å². The molecule has 1 heterocycles. The van der Waals surface area contributed by atoms with Crippen LogP contribution in [-0.4, -0.2) is 36.2 Å². The van der Waals surface area contributed by atoms with Crippen LogP contribution >= 0.6 is 0 Å². The van der Waals surface area contributed by atoms with Gasteiger partial charge in [0, 0.05) is 12.3 Å². The van der Waals surface area contributed by atoms with E-state index in [0.29, 0.717) is 17.0 Å². The van der Waals surface area contributed by atoms with Crippen molar-refractivity contribution in [3.05, 3.63) is 24.3 Å². The SMILES string of the molecule is CC(C)[C@@H](C)NC(=O)Cn1c(S(C)(=O)=O)nc2ccccc21. The molecule has 0 radical (unpaired) electrons. The summed E-state index contributed by atoms with van der Waals surface area (Å²) in [6.45, 7) is 5.88. The van der Waals surface area contributed by atoms with E-state index in [-0.39, 0.29) is 23.7 Å². The third kappa shape index (κ3) is 3.47. The molecule has 0 saturated heterocycles. The second-order valence-electron chi connectivity index (χ2n) is 5.84. The first-order valence-electron chi connectivity index (χ1n) is 7.15. The average Bonchev–Trinajstić information content (AvgIpc) is 2.77. The van der Waals surface area contributed by atoms with Gasteiger partial charge in [0.2, 0.25) is 20.9 Å². The standard InChI is InChI=1S/C15H21N3O3S/c1-10(2)11(3)16-14(19)9-18-13-8-6-5-7-12(13)17-15(18)22(4,20)21/h5-8,10-11H,9H2,1-4H3,(H,16,19)/t11-/m1/s1. The van der Waals surface area contributed by atoms with Gasteiger partial charge in [-0.3, -0.25) is 4.79 Å². The number of imidazole rings is 1. The Bertz CT molecular complexity index is 793. The predicted molar refractivity (Wildman–Crippen MR) is 85.3 cm³/mol. The number of hydrogen-bond acceptors (Lipinski definition) is 4. The molecule has 1 atom stereocenters. The van der Waals surface area contributed by atoms with Crippen molar-refractivity contribution in [2.24, 2.45) is 5.92 Å². The van der Waals surface area contributed by atoms with Crippen molar-refractivity contribution in [3.63, 3.8) is 0 Å². The van der Waals surface area contributed by atoms with E-state index in [1.165, 1.54) is 4.57 Å². The number of benzene rings is 1. The lowest BCUT2D eigenvalue weighted by molar-refractivity contribution is -0.122. The lowest BCUT2D eigenvalue weighted by Gasteiger charge is -2.18. The van der Waals surface area contributed by atoms with Gasteiger partial charge in [0.1, 0.15) is 6.54 Å². The van der Waals surface area contributed by atoms with Crippen LogP contribution in [0.4, 0.5) is 0 Å². The molecule has 0 fully saturated rings. The minimum absolute atomic E-state index is 0.0176. The Morgan fingerprint density at radius 3 is 2.50 bits per heavy atom. The summed E-state index contributed by atoms with van der Waals surface area (Å²) in [6.07, 6.45) is 1.10. The molecule has 0 bridgehead atoms. The van der Waals surface area contributed by atoms with Crippen LogP contribution in [0.25, 0.3) is 11.0 Å². The Morgan fingerprint density at radius 2 is 1.91 bits per heavy atom. The summed E-state index contributed by atoms with van der Waals surface area (Å²) in [4.78, 5) is 16.3. The number of nitrogens with one attached hydrogen (secondary N) is 1. The summed E-state index contributed by atoms with van der Waals surface area (Å²) in [6, 6.07) is 7.09. The van der Waals surface area contributed by atoms with Gasteiger partial charge in [0.15, 0.2) is 0 Å². The molecule has 2 rings (SSSR count). The smallest absolute Gasteiger partial charge is 0.240 e. The minimum Gasteiger partial charge on any atom is -0.352 e. The van der Waals surface area contributed by atoms with E-state index in [9.17, 15) is 13.2 Å². The Hall–Kier alpha value is -1.89. The van der Waals surface area contributed by atoms with Crippen LogP contribution in [0.1, 0.15) is 20.8 Å². The molecule has 0 spiro atoms. The highest BCUT2D eigenvalue weighted by Crippen LogP contribution is 2.19. The monoisotopic (exact) mass is 323 g/mol. The fourth-order valence-electron chi connectivity index (χ4n) is 2.10. The zero-order valence-electron chi connectivity index (χ0n) is 13.2. The maximum Gasteiger partial charge on any atom is 0.240 e.